The van der Waals surface area contributed by atoms with Gasteiger partial charge in [-0.3, -0.25) is 0 Å². The fraction of sp³-hybridized carbons (Fsp3) is 0.300. The molecular formula is C10H13BO6. The molecule has 0 fully saturated rings. The van der Waals surface area contributed by atoms with Crippen LogP contribution in [-0.4, -0.2) is 42.5 Å². The lowest BCUT2D eigenvalue weighted by Gasteiger charge is -2.14. The van der Waals surface area contributed by atoms with Crippen LogP contribution >= 0.6 is 0 Å². The van der Waals surface area contributed by atoms with Gasteiger partial charge >= 0.3 is 13.1 Å². The summed E-state index contributed by atoms with van der Waals surface area (Å²) < 4.78 is 9.23. The van der Waals surface area contributed by atoms with E-state index in [1.54, 1.807) is 0 Å². The SMILES string of the molecule is COC(=O)c1cc(B(O)O)ccc1C(O)OC. The van der Waals surface area contributed by atoms with Gasteiger partial charge in [0.05, 0.1) is 12.7 Å². The number of hydrogen-bond donors (Lipinski definition) is 3. The van der Waals surface area contributed by atoms with E-state index in [2.05, 4.69) is 4.74 Å². The highest BCUT2D eigenvalue weighted by Gasteiger charge is 2.21. The van der Waals surface area contributed by atoms with Crippen molar-refractivity contribution in [2.24, 2.45) is 0 Å². The number of carbonyl (C=O) groups excluding carboxylic acids is 1. The van der Waals surface area contributed by atoms with Gasteiger partial charge in [0.15, 0.2) is 6.29 Å². The van der Waals surface area contributed by atoms with Gasteiger partial charge in [0, 0.05) is 12.7 Å². The normalized spacial score (nSPS) is 12.1. The Morgan fingerprint density at radius 3 is 2.47 bits per heavy atom. The zero-order chi connectivity index (χ0) is 13.0. The highest BCUT2D eigenvalue weighted by Crippen LogP contribution is 2.18. The first-order valence-electron chi connectivity index (χ1n) is 4.80. The summed E-state index contributed by atoms with van der Waals surface area (Å²) in [5.41, 5.74) is 0.341. The Balaban J connectivity index is 3.26. The Bertz CT molecular complexity index is 406. The summed E-state index contributed by atoms with van der Waals surface area (Å²) >= 11 is 0. The van der Waals surface area contributed by atoms with Crippen LogP contribution in [0.5, 0.6) is 0 Å². The molecule has 0 aliphatic rings. The van der Waals surface area contributed by atoms with Crippen LogP contribution in [0.15, 0.2) is 18.2 Å². The third kappa shape index (κ3) is 3.04. The van der Waals surface area contributed by atoms with Gasteiger partial charge in [0.2, 0.25) is 0 Å². The number of hydrogen-bond acceptors (Lipinski definition) is 6. The molecule has 0 saturated heterocycles. The molecule has 3 N–H and O–H groups in total. The van der Waals surface area contributed by atoms with Gasteiger partial charge in [-0.05, 0) is 11.5 Å². The fourth-order valence-electron chi connectivity index (χ4n) is 1.36. The second-order valence-electron chi connectivity index (χ2n) is 3.30. The van der Waals surface area contributed by atoms with Crippen LogP contribution in [0, 0.1) is 0 Å². The molecule has 0 radical (unpaired) electrons. The molecule has 1 unspecified atom stereocenters. The second kappa shape index (κ2) is 5.78. The van der Waals surface area contributed by atoms with E-state index in [-0.39, 0.29) is 16.6 Å². The molecule has 1 rings (SSSR count). The predicted molar refractivity (Wildman–Crippen MR) is 59.6 cm³/mol. The maximum absolute atomic E-state index is 11.5. The van der Waals surface area contributed by atoms with E-state index >= 15 is 0 Å². The molecule has 17 heavy (non-hydrogen) atoms. The monoisotopic (exact) mass is 240 g/mol. The zero-order valence-electron chi connectivity index (χ0n) is 9.45. The van der Waals surface area contributed by atoms with Crippen molar-refractivity contribution in [3.63, 3.8) is 0 Å². The van der Waals surface area contributed by atoms with Crippen molar-refractivity contribution in [2.75, 3.05) is 14.2 Å². The molecule has 0 aromatic heterocycles. The number of aliphatic hydroxyl groups is 1. The Morgan fingerprint density at radius 1 is 1.35 bits per heavy atom. The molecule has 1 atom stereocenters. The summed E-state index contributed by atoms with van der Waals surface area (Å²) in [5, 5.41) is 27.5. The van der Waals surface area contributed by atoms with Crippen LogP contribution < -0.4 is 5.46 Å². The van der Waals surface area contributed by atoms with E-state index in [1.807, 2.05) is 0 Å². The number of ether oxygens (including phenoxy) is 2. The van der Waals surface area contributed by atoms with Crippen LogP contribution in [0.25, 0.3) is 0 Å². The molecule has 0 saturated carbocycles. The molecule has 0 aliphatic heterocycles. The Morgan fingerprint density at radius 2 is 2.00 bits per heavy atom. The first-order chi connectivity index (χ1) is 8.01. The minimum Gasteiger partial charge on any atom is -0.465 e. The van der Waals surface area contributed by atoms with E-state index in [1.165, 1.54) is 32.4 Å². The Kier molecular flexibility index (Phi) is 4.65. The number of benzene rings is 1. The van der Waals surface area contributed by atoms with E-state index in [0.717, 1.165) is 0 Å². The Labute approximate surface area is 98.6 Å². The molecule has 0 bridgehead atoms. The van der Waals surface area contributed by atoms with Gasteiger partial charge < -0.3 is 24.6 Å². The van der Waals surface area contributed by atoms with Crippen molar-refractivity contribution in [1.29, 1.82) is 0 Å². The zero-order valence-corrected chi connectivity index (χ0v) is 9.45. The summed E-state index contributed by atoms with van der Waals surface area (Å²) in [5.74, 6) is -0.696. The van der Waals surface area contributed by atoms with Crippen LogP contribution in [0.1, 0.15) is 22.2 Å². The average Bonchev–Trinajstić information content (AvgIpc) is 2.35. The minimum absolute atomic E-state index is 0.0208. The molecule has 1 aromatic rings. The highest BCUT2D eigenvalue weighted by molar-refractivity contribution is 6.58. The summed E-state index contributed by atoms with van der Waals surface area (Å²) in [7, 11) is 0.764. The maximum Gasteiger partial charge on any atom is 0.488 e. The number of methoxy groups -OCH3 is 2. The molecule has 6 nitrogen and oxygen atoms in total. The summed E-state index contributed by atoms with van der Waals surface area (Å²) in [4.78, 5) is 11.5. The Hall–Kier alpha value is -1.41. The van der Waals surface area contributed by atoms with Gasteiger partial charge in [0.25, 0.3) is 0 Å². The van der Waals surface area contributed by atoms with Crippen molar-refractivity contribution in [2.45, 2.75) is 6.29 Å². The van der Waals surface area contributed by atoms with Crippen LogP contribution in [0.4, 0.5) is 0 Å². The standard InChI is InChI=1S/C10H13BO6/c1-16-9(12)7-4-3-6(11(14)15)5-8(7)10(13)17-2/h3-5,9,12,14-15H,1-2H3. The van der Waals surface area contributed by atoms with Crippen molar-refractivity contribution >= 4 is 18.6 Å². The van der Waals surface area contributed by atoms with Gasteiger partial charge in [-0.25, -0.2) is 4.79 Å². The van der Waals surface area contributed by atoms with Crippen LogP contribution in [0.2, 0.25) is 0 Å². The second-order valence-corrected chi connectivity index (χ2v) is 3.30. The lowest BCUT2D eigenvalue weighted by Crippen LogP contribution is -2.31. The van der Waals surface area contributed by atoms with Crippen molar-refractivity contribution in [1.82, 2.24) is 0 Å². The van der Waals surface area contributed by atoms with E-state index in [9.17, 15) is 9.90 Å². The number of rotatable bonds is 4. The first kappa shape index (κ1) is 13.7. The molecule has 1 aromatic carbocycles. The highest BCUT2D eigenvalue weighted by atomic mass is 16.6. The summed E-state index contributed by atoms with van der Waals surface area (Å²) in [6.07, 6.45) is -1.28. The molecule has 0 heterocycles. The number of carbonyl (C=O) groups is 1. The topological polar surface area (TPSA) is 96.2 Å². The van der Waals surface area contributed by atoms with Gasteiger partial charge in [-0.15, -0.1) is 0 Å². The minimum atomic E-state index is -1.70. The molecule has 92 valence electrons. The van der Waals surface area contributed by atoms with Gasteiger partial charge in [-0.1, -0.05) is 12.1 Å². The smallest absolute Gasteiger partial charge is 0.465 e. The van der Waals surface area contributed by atoms with Gasteiger partial charge in [-0.2, -0.15) is 0 Å². The van der Waals surface area contributed by atoms with Gasteiger partial charge in [0.1, 0.15) is 0 Å². The third-order valence-electron chi connectivity index (χ3n) is 2.27. The number of esters is 1. The molecular weight excluding hydrogens is 227 g/mol. The summed E-state index contributed by atoms with van der Waals surface area (Å²) in [6.45, 7) is 0. The van der Waals surface area contributed by atoms with E-state index in [4.69, 9.17) is 14.8 Å². The average molecular weight is 240 g/mol. The lowest BCUT2D eigenvalue weighted by atomic mass is 9.79. The van der Waals surface area contributed by atoms with Crippen molar-refractivity contribution < 1.29 is 29.4 Å². The fourth-order valence-corrected chi connectivity index (χ4v) is 1.36. The van der Waals surface area contributed by atoms with Crippen LogP contribution in [0.3, 0.4) is 0 Å². The maximum atomic E-state index is 11.5. The molecule has 7 heteroatoms. The largest absolute Gasteiger partial charge is 0.488 e. The van der Waals surface area contributed by atoms with E-state index < -0.39 is 19.4 Å². The lowest BCUT2D eigenvalue weighted by molar-refractivity contribution is -0.0775. The van der Waals surface area contributed by atoms with Crippen molar-refractivity contribution in [3.8, 4) is 0 Å². The molecule has 0 aliphatic carbocycles. The summed E-state index contributed by atoms with van der Waals surface area (Å²) in [6, 6.07) is 3.97. The predicted octanol–water partition coefficient (Wildman–Crippen LogP) is -1.21. The van der Waals surface area contributed by atoms with E-state index in [0.29, 0.717) is 0 Å². The molecule has 0 amide bonds. The van der Waals surface area contributed by atoms with Crippen LogP contribution in [-0.2, 0) is 9.47 Å². The molecule has 0 spiro atoms. The quantitative estimate of drug-likeness (QED) is 0.347. The number of aliphatic hydroxyl groups excluding tert-OH is 1. The van der Waals surface area contributed by atoms with Crippen molar-refractivity contribution in [3.05, 3.63) is 29.3 Å². The first-order valence-corrected chi connectivity index (χ1v) is 4.80. The third-order valence-corrected chi connectivity index (χ3v) is 2.27.